The molecule has 4 nitrogen and oxygen atoms in total. The van der Waals surface area contributed by atoms with Crippen LogP contribution in [0.15, 0.2) is 59.0 Å². The summed E-state index contributed by atoms with van der Waals surface area (Å²) in [4.78, 5) is 0. The van der Waals surface area contributed by atoms with E-state index in [9.17, 15) is 0 Å². The first-order valence-corrected chi connectivity index (χ1v) is 8.83. The van der Waals surface area contributed by atoms with Crippen LogP contribution in [0.1, 0.15) is 11.3 Å². The fraction of sp³-hybridized carbons (Fsp3) is 0.238. The van der Waals surface area contributed by atoms with Crippen molar-refractivity contribution in [2.24, 2.45) is 0 Å². The Labute approximate surface area is 158 Å². The monoisotopic (exact) mass is 371 g/mol. The molecule has 0 bridgehead atoms. The Morgan fingerprint density at radius 3 is 2.46 bits per heavy atom. The predicted octanol–water partition coefficient (Wildman–Crippen LogP) is 4.95. The molecule has 3 aromatic rings. The zero-order valence-corrected chi connectivity index (χ0v) is 15.7. The van der Waals surface area contributed by atoms with E-state index in [-0.39, 0.29) is 0 Å². The molecule has 136 valence electrons. The number of halogens is 1. The normalized spacial score (nSPS) is 10.7. The number of rotatable bonds is 8. The van der Waals surface area contributed by atoms with Crippen LogP contribution in [0.5, 0.6) is 11.5 Å². The van der Waals surface area contributed by atoms with Crippen LogP contribution >= 0.6 is 11.6 Å². The maximum Gasteiger partial charge on any atom is 0.137 e. The second-order valence-corrected chi connectivity index (χ2v) is 6.30. The third-order valence-corrected chi connectivity index (χ3v) is 4.44. The van der Waals surface area contributed by atoms with Gasteiger partial charge in [0.15, 0.2) is 0 Å². The fourth-order valence-corrected chi connectivity index (χ4v) is 2.94. The third kappa shape index (κ3) is 4.59. The summed E-state index contributed by atoms with van der Waals surface area (Å²) in [5, 5.41) is 3.97. The van der Waals surface area contributed by atoms with Gasteiger partial charge in [0.2, 0.25) is 0 Å². The summed E-state index contributed by atoms with van der Waals surface area (Å²) in [6.45, 7) is 1.55. The summed E-state index contributed by atoms with van der Waals surface area (Å²) in [5.41, 5.74) is 2.20. The fourth-order valence-electron chi connectivity index (χ4n) is 2.68. The van der Waals surface area contributed by atoms with Crippen molar-refractivity contribution in [3.8, 4) is 22.8 Å². The second-order valence-electron chi connectivity index (χ2n) is 5.89. The average Bonchev–Trinajstić information content (AvgIpc) is 3.14. The maximum atomic E-state index is 6.18. The van der Waals surface area contributed by atoms with E-state index in [4.69, 9.17) is 25.5 Å². The molecule has 0 aliphatic heterocycles. The molecule has 0 spiro atoms. The Kier molecular flexibility index (Phi) is 6.21. The molecule has 1 N–H and O–H groups in total. The predicted molar refractivity (Wildman–Crippen MR) is 104 cm³/mol. The van der Waals surface area contributed by atoms with Crippen molar-refractivity contribution in [1.29, 1.82) is 0 Å². The van der Waals surface area contributed by atoms with Crippen LogP contribution in [0.25, 0.3) is 11.3 Å². The van der Waals surface area contributed by atoms with E-state index in [1.807, 2.05) is 42.5 Å². The Morgan fingerprint density at radius 1 is 0.962 bits per heavy atom. The number of hydrogen-bond acceptors (Lipinski definition) is 4. The van der Waals surface area contributed by atoms with Crippen LogP contribution in [0.4, 0.5) is 0 Å². The van der Waals surface area contributed by atoms with E-state index in [2.05, 4.69) is 17.4 Å². The van der Waals surface area contributed by atoms with Gasteiger partial charge in [-0.15, -0.1) is 0 Å². The van der Waals surface area contributed by atoms with Gasteiger partial charge in [0.1, 0.15) is 23.0 Å². The Bertz CT molecular complexity index is 843. The largest absolute Gasteiger partial charge is 0.497 e. The summed E-state index contributed by atoms with van der Waals surface area (Å²) in [5.74, 6) is 3.22. The smallest absolute Gasteiger partial charge is 0.137 e. The van der Waals surface area contributed by atoms with E-state index in [1.165, 1.54) is 5.56 Å². The first-order chi connectivity index (χ1) is 12.7. The van der Waals surface area contributed by atoms with Gasteiger partial charge in [0.25, 0.3) is 0 Å². The number of ether oxygens (including phenoxy) is 2. The molecule has 3 rings (SSSR count). The lowest BCUT2D eigenvalue weighted by Crippen LogP contribution is -2.16. The number of nitrogens with one attached hydrogen (secondary N) is 1. The molecule has 1 heterocycles. The van der Waals surface area contributed by atoms with Crippen molar-refractivity contribution >= 4 is 11.6 Å². The van der Waals surface area contributed by atoms with Crippen molar-refractivity contribution in [3.63, 3.8) is 0 Å². The zero-order valence-electron chi connectivity index (χ0n) is 14.9. The molecular formula is C21H22ClNO3. The highest BCUT2D eigenvalue weighted by Gasteiger charge is 2.08. The molecule has 2 aromatic carbocycles. The molecule has 0 atom stereocenters. The molecule has 0 fully saturated rings. The molecule has 26 heavy (non-hydrogen) atoms. The molecule has 0 unspecified atom stereocenters. The summed E-state index contributed by atoms with van der Waals surface area (Å²) in [6.07, 6.45) is 0.950. The summed E-state index contributed by atoms with van der Waals surface area (Å²) in [6, 6.07) is 17.7. The molecule has 0 radical (unpaired) electrons. The highest BCUT2D eigenvalue weighted by molar-refractivity contribution is 6.32. The van der Waals surface area contributed by atoms with Crippen molar-refractivity contribution in [3.05, 3.63) is 70.9 Å². The number of methoxy groups -OCH3 is 2. The molecule has 0 aliphatic carbocycles. The average molecular weight is 372 g/mol. The molecule has 0 saturated carbocycles. The van der Waals surface area contributed by atoms with Gasteiger partial charge in [0, 0.05) is 5.56 Å². The van der Waals surface area contributed by atoms with Crippen LogP contribution in [-0.2, 0) is 13.0 Å². The standard InChI is InChI=1S/C21H22ClNO3/c1-24-17-6-3-15(4-7-17)11-12-23-14-18-8-10-20(26-18)16-5-9-21(25-2)19(22)13-16/h3-10,13,23H,11-12,14H2,1-2H3. The first-order valence-electron chi connectivity index (χ1n) is 8.46. The summed E-state index contributed by atoms with van der Waals surface area (Å²) < 4.78 is 16.2. The van der Waals surface area contributed by atoms with Crippen LogP contribution in [0, 0.1) is 0 Å². The summed E-state index contributed by atoms with van der Waals surface area (Å²) >= 11 is 6.18. The quantitative estimate of drug-likeness (QED) is 0.569. The Morgan fingerprint density at radius 2 is 1.77 bits per heavy atom. The summed E-state index contributed by atoms with van der Waals surface area (Å²) in [7, 11) is 3.28. The van der Waals surface area contributed by atoms with Gasteiger partial charge < -0.3 is 19.2 Å². The van der Waals surface area contributed by atoms with E-state index >= 15 is 0 Å². The van der Waals surface area contributed by atoms with E-state index < -0.39 is 0 Å². The van der Waals surface area contributed by atoms with E-state index in [0.717, 1.165) is 35.8 Å². The van der Waals surface area contributed by atoms with Gasteiger partial charge in [-0.2, -0.15) is 0 Å². The maximum absolute atomic E-state index is 6.18. The number of hydrogen-bond donors (Lipinski definition) is 1. The lowest BCUT2D eigenvalue weighted by Gasteiger charge is -2.05. The van der Waals surface area contributed by atoms with Gasteiger partial charge in [-0.25, -0.2) is 0 Å². The highest BCUT2D eigenvalue weighted by Crippen LogP contribution is 2.31. The van der Waals surface area contributed by atoms with Gasteiger partial charge in [-0.3, -0.25) is 0 Å². The molecular weight excluding hydrogens is 350 g/mol. The molecule has 0 saturated heterocycles. The molecule has 0 aliphatic rings. The Balaban J connectivity index is 1.51. The minimum Gasteiger partial charge on any atom is -0.497 e. The van der Waals surface area contributed by atoms with Gasteiger partial charge in [-0.05, 0) is 61.0 Å². The molecule has 0 amide bonds. The van der Waals surface area contributed by atoms with Gasteiger partial charge >= 0.3 is 0 Å². The van der Waals surface area contributed by atoms with Crippen molar-refractivity contribution in [2.45, 2.75) is 13.0 Å². The lowest BCUT2D eigenvalue weighted by molar-refractivity contribution is 0.414. The highest BCUT2D eigenvalue weighted by atomic mass is 35.5. The number of benzene rings is 2. The lowest BCUT2D eigenvalue weighted by atomic mass is 10.1. The van der Waals surface area contributed by atoms with Gasteiger partial charge in [0.05, 0.1) is 25.8 Å². The first kappa shape index (κ1) is 18.4. The van der Waals surface area contributed by atoms with Crippen molar-refractivity contribution in [2.75, 3.05) is 20.8 Å². The SMILES string of the molecule is COc1ccc(CCNCc2ccc(-c3ccc(OC)c(Cl)c3)o2)cc1. The second kappa shape index (κ2) is 8.79. The van der Waals surface area contributed by atoms with Gasteiger partial charge in [-0.1, -0.05) is 23.7 Å². The van der Waals surface area contributed by atoms with Crippen LogP contribution < -0.4 is 14.8 Å². The van der Waals surface area contributed by atoms with Crippen LogP contribution in [-0.4, -0.2) is 20.8 Å². The third-order valence-electron chi connectivity index (χ3n) is 4.15. The topological polar surface area (TPSA) is 43.6 Å². The molecule has 1 aromatic heterocycles. The van der Waals surface area contributed by atoms with E-state index in [1.54, 1.807) is 14.2 Å². The minimum absolute atomic E-state index is 0.570. The van der Waals surface area contributed by atoms with Crippen molar-refractivity contribution in [1.82, 2.24) is 5.32 Å². The Hall–Kier alpha value is -2.43. The number of furan rings is 1. The molecule has 5 heteroatoms. The van der Waals surface area contributed by atoms with Crippen molar-refractivity contribution < 1.29 is 13.9 Å². The minimum atomic E-state index is 0.570. The van der Waals surface area contributed by atoms with E-state index in [0.29, 0.717) is 17.3 Å². The van der Waals surface area contributed by atoms with Crippen LogP contribution in [0.3, 0.4) is 0 Å². The van der Waals surface area contributed by atoms with Crippen LogP contribution in [0.2, 0.25) is 5.02 Å². The zero-order chi connectivity index (χ0) is 18.4.